The van der Waals surface area contributed by atoms with Crippen molar-refractivity contribution in [2.24, 2.45) is 5.73 Å². The number of allylic oxidation sites excluding steroid dienone is 2. The molecule has 0 bridgehead atoms. The highest BCUT2D eigenvalue weighted by atomic mass is 28.3. The Morgan fingerprint density at radius 2 is 2.15 bits per heavy atom. The van der Waals surface area contributed by atoms with Gasteiger partial charge < -0.3 is 30.5 Å². The zero-order valence-corrected chi connectivity index (χ0v) is 23.3. The molecule has 3 aliphatic heterocycles. The fourth-order valence-corrected chi connectivity index (χ4v) is 8.90. The Balaban J connectivity index is 1.61. The van der Waals surface area contributed by atoms with Crippen LogP contribution in [0.25, 0.3) is 6.08 Å². The Kier molecular flexibility index (Phi) is 6.64. The molecule has 11 heteroatoms. The van der Waals surface area contributed by atoms with E-state index in [-0.39, 0.29) is 24.4 Å². The summed E-state index contributed by atoms with van der Waals surface area (Å²) in [6.45, 7) is 5.84. The van der Waals surface area contributed by atoms with Crippen LogP contribution in [-0.4, -0.2) is 53.7 Å². The second kappa shape index (κ2) is 9.70. The SMILES string of the molecule is CCC1(OC(=O)CN)C(=O)OC([Si](C)(C)CCCC#N)C2=C1CC1=C(C2=O)N2Cc3ccc(O)cc3C=C2N1. The van der Waals surface area contributed by atoms with Crippen LogP contribution in [-0.2, 0) is 30.4 Å². The van der Waals surface area contributed by atoms with Gasteiger partial charge in [0.15, 0.2) is 0 Å². The van der Waals surface area contributed by atoms with Crippen LogP contribution in [0.5, 0.6) is 5.75 Å². The first-order valence-electron chi connectivity index (χ1n) is 13.2. The number of nitrogens with zero attached hydrogens (tertiary/aromatic N) is 2. The third kappa shape index (κ3) is 4.24. The van der Waals surface area contributed by atoms with Gasteiger partial charge in [0.05, 0.1) is 19.2 Å². The van der Waals surface area contributed by atoms with Crippen LogP contribution in [0.15, 0.2) is 46.6 Å². The highest BCUT2D eigenvalue weighted by Crippen LogP contribution is 2.49. The summed E-state index contributed by atoms with van der Waals surface area (Å²) in [6, 6.07) is 7.97. The highest BCUT2D eigenvalue weighted by Gasteiger charge is 2.59. The predicted octanol–water partition coefficient (Wildman–Crippen LogP) is 2.72. The van der Waals surface area contributed by atoms with Gasteiger partial charge >= 0.3 is 11.9 Å². The van der Waals surface area contributed by atoms with Crippen molar-refractivity contribution in [2.45, 2.75) is 69.6 Å². The van der Waals surface area contributed by atoms with E-state index in [9.17, 15) is 19.5 Å². The number of carbonyl (C=O) groups excluding carboxylic acids is 3. The Morgan fingerprint density at radius 3 is 2.85 bits per heavy atom. The molecule has 0 saturated heterocycles. The fourth-order valence-electron chi connectivity index (χ4n) is 6.04. The van der Waals surface area contributed by atoms with Crippen molar-refractivity contribution >= 4 is 31.9 Å². The molecule has 39 heavy (non-hydrogen) atoms. The maximum atomic E-state index is 14.5. The first kappa shape index (κ1) is 26.7. The summed E-state index contributed by atoms with van der Waals surface area (Å²) < 4.78 is 11.8. The van der Waals surface area contributed by atoms with Gasteiger partial charge in [-0.15, -0.1) is 0 Å². The summed E-state index contributed by atoms with van der Waals surface area (Å²) in [4.78, 5) is 42.5. The number of hydrogen-bond donors (Lipinski definition) is 3. The lowest BCUT2D eigenvalue weighted by atomic mass is 9.77. The fraction of sp³-hybridized carbons (Fsp3) is 0.429. The van der Waals surface area contributed by atoms with Crippen molar-refractivity contribution in [1.82, 2.24) is 10.2 Å². The smallest absolute Gasteiger partial charge is 0.355 e. The average molecular weight is 549 g/mol. The van der Waals surface area contributed by atoms with Gasteiger partial charge in [0, 0.05) is 29.7 Å². The van der Waals surface area contributed by atoms with E-state index in [1.165, 1.54) is 0 Å². The lowest BCUT2D eigenvalue weighted by molar-refractivity contribution is -0.181. The molecule has 1 aromatic carbocycles. The van der Waals surface area contributed by atoms with E-state index in [4.69, 9.17) is 20.5 Å². The molecule has 5 rings (SSSR count). The minimum atomic E-state index is -2.45. The Morgan fingerprint density at radius 1 is 1.38 bits per heavy atom. The minimum Gasteiger partial charge on any atom is -0.508 e. The Hall–Kier alpha value is -3.88. The molecule has 0 amide bonds. The van der Waals surface area contributed by atoms with E-state index < -0.39 is 37.9 Å². The minimum absolute atomic E-state index is 0.0898. The molecule has 3 heterocycles. The molecule has 4 N–H and O–H groups in total. The van der Waals surface area contributed by atoms with Gasteiger partial charge in [-0.3, -0.25) is 9.59 Å². The first-order chi connectivity index (χ1) is 18.6. The average Bonchev–Trinajstić information content (AvgIpc) is 3.26. The maximum absolute atomic E-state index is 14.5. The van der Waals surface area contributed by atoms with Crippen LogP contribution in [0.1, 0.15) is 43.7 Å². The van der Waals surface area contributed by atoms with Crippen molar-refractivity contribution in [2.75, 3.05) is 6.54 Å². The number of ketones is 1. The maximum Gasteiger partial charge on any atom is 0.355 e. The number of aromatic hydroxyl groups is 1. The van der Waals surface area contributed by atoms with Crippen LogP contribution in [0.4, 0.5) is 0 Å². The number of hydrogen-bond acceptors (Lipinski definition) is 10. The van der Waals surface area contributed by atoms with Crippen molar-refractivity contribution in [1.29, 1.82) is 5.26 Å². The molecule has 2 atom stereocenters. The summed E-state index contributed by atoms with van der Waals surface area (Å²) in [5.74, 6) is -0.858. The number of Topliss-reactive ketones (excluding diaryl/α,β-unsaturated/α-hetero) is 1. The predicted molar refractivity (Wildman–Crippen MR) is 144 cm³/mol. The van der Waals surface area contributed by atoms with Gasteiger partial charge in [-0.05, 0) is 42.2 Å². The number of nitriles is 1. The Labute approximate surface area is 227 Å². The summed E-state index contributed by atoms with van der Waals surface area (Å²) in [7, 11) is -2.45. The number of benzene rings is 1. The number of rotatable bonds is 7. The number of nitrogens with one attached hydrogen (secondary N) is 1. The second-order valence-electron chi connectivity index (χ2n) is 11.0. The van der Waals surface area contributed by atoms with Crippen molar-refractivity contribution < 1.29 is 29.0 Å². The van der Waals surface area contributed by atoms with E-state index in [1.54, 1.807) is 19.1 Å². The third-order valence-corrected chi connectivity index (χ3v) is 11.6. The summed E-state index contributed by atoms with van der Waals surface area (Å²) in [6.07, 6.45) is 3.18. The number of carbonyl (C=O) groups is 3. The van der Waals surface area contributed by atoms with Crippen molar-refractivity contribution in [3.05, 3.63) is 57.7 Å². The topological polar surface area (TPSA) is 155 Å². The molecular formula is C28H32N4O6Si. The van der Waals surface area contributed by atoms with Crippen LogP contribution in [0.3, 0.4) is 0 Å². The molecule has 0 fully saturated rings. The monoisotopic (exact) mass is 548 g/mol. The molecule has 0 radical (unpaired) electrons. The number of esters is 2. The van der Waals surface area contributed by atoms with Gasteiger partial charge in [0.2, 0.25) is 11.4 Å². The normalized spacial score (nSPS) is 23.6. The van der Waals surface area contributed by atoms with Gasteiger partial charge in [0.25, 0.3) is 0 Å². The lowest BCUT2D eigenvalue weighted by Gasteiger charge is -2.46. The number of phenolic OH excluding ortho intramolecular Hbond substituents is 1. The van der Waals surface area contributed by atoms with Gasteiger partial charge in [-0.2, -0.15) is 5.26 Å². The molecular weight excluding hydrogens is 516 g/mol. The van der Waals surface area contributed by atoms with Crippen LogP contribution >= 0.6 is 0 Å². The third-order valence-electron chi connectivity index (χ3n) is 8.09. The van der Waals surface area contributed by atoms with Gasteiger partial charge in [-0.1, -0.05) is 32.1 Å². The molecule has 0 spiro atoms. The number of phenols is 1. The molecule has 204 valence electrons. The zero-order valence-electron chi connectivity index (χ0n) is 22.3. The highest BCUT2D eigenvalue weighted by molar-refractivity contribution is 6.80. The Bertz CT molecular complexity index is 1420. The van der Waals surface area contributed by atoms with Crippen molar-refractivity contribution in [3.63, 3.8) is 0 Å². The zero-order chi connectivity index (χ0) is 28.1. The van der Waals surface area contributed by atoms with Crippen LogP contribution in [0, 0.1) is 11.3 Å². The first-order valence-corrected chi connectivity index (χ1v) is 16.4. The van der Waals surface area contributed by atoms with Crippen LogP contribution in [0.2, 0.25) is 19.1 Å². The van der Waals surface area contributed by atoms with Crippen LogP contribution < -0.4 is 11.1 Å². The van der Waals surface area contributed by atoms with E-state index in [1.807, 2.05) is 17.0 Å². The molecule has 2 unspecified atom stereocenters. The number of ether oxygens (including phenoxy) is 2. The van der Waals surface area contributed by atoms with E-state index in [0.717, 1.165) is 11.1 Å². The molecule has 1 aliphatic carbocycles. The second-order valence-corrected chi connectivity index (χ2v) is 16.0. The number of unbranched alkanes of at least 4 members (excludes halogenated alkanes) is 1. The summed E-state index contributed by atoms with van der Waals surface area (Å²) in [5.41, 5.74) is 6.79. The lowest BCUT2D eigenvalue weighted by Crippen LogP contribution is -2.59. The number of cyclic esters (lactones) is 1. The molecule has 10 nitrogen and oxygen atoms in total. The van der Waals surface area contributed by atoms with Gasteiger partial charge in [0.1, 0.15) is 31.1 Å². The van der Waals surface area contributed by atoms with Crippen molar-refractivity contribution in [3.8, 4) is 11.8 Å². The molecule has 0 aromatic heterocycles. The van der Waals surface area contributed by atoms with E-state index in [0.29, 0.717) is 53.8 Å². The molecule has 0 saturated carbocycles. The molecule has 1 aromatic rings. The number of nitrogens with two attached hydrogens (primary N) is 1. The summed E-state index contributed by atoms with van der Waals surface area (Å²) in [5, 5.41) is 22.4. The molecule has 4 aliphatic rings. The van der Waals surface area contributed by atoms with E-state index >= 15 is 0 Å². The number of fused-ring (bicyclic) bond motifs is 3. The largest absolute Gasteiger partial charge is 0.508 e. The van der Waals surface area contributed by atoms with Gasteiger partial charge in [-0.25, -0.2) is 4.79 Å². The quantitative estimate of drug-likeness (QED) is 0.263. The van der Waals surface area contributed by atoms with E-state index in [2.05, 4.69) is 24.5 Å². The standard InChI is InChI=1S/C28H32N4O6Si/c1-4-28(38-22(34)14-30)19-13-20-24(32-15-16-7-8-18(33)11-17(16)12-21(32)31-20)25(35)23(19)26(37-27(28)36)39(2,3)10-6-5-9-29/h7-8,11-12,26,31,33H,4-6,10,13-15,30H2,1-3H3. The summed E-state index contributed by atoms with van der Waals surface area (Å²) >= 11 is 0.